The summed E-state index contributed by atoms with van der Waals surface area (Å²) in [7, 11) is 0. The number of rotatable bonds is 5. The summed E-state index contributed by atoms with van der Waals surface area (Å²) < 4.78 is 5.52. The molecule has 0 spiro atoms. The van der Waals surface area contributed by atoms with E-state index in [-0.39, 0.29) is 12.2 Å². The number of para-hydroxylation sites is 1. The highest BCUT2D eigenvalue weighted by Gasteiger charge is 2.04. The van der Waals surface area contributed by atoms with Gasteiger partial charge in [-0.05, 0) is 18.7 Å². The predicted octanol–water partition coefficient (Wildman–Crippen LogP) is 1.50. The molecule has 0 atom stereocenters. The van der Waals surface area contributed by atoms with E-state index >= 15 is 0 Å². The summed E-state index contributed by atoms with van der Waals surface area (Å²) in [5, 5.41) is 0.517. The first-order valence-corrected chi connectivity index (χ1v) is 6.23. The molecule has 0 saturated carbocycles. The molecule has 0 radical (unpaired) electrons. The first kappa shape index (κ1) is 13.6. The maximum Gasteiger partial charge on any atom is 0.251 e. The van der Waals surface area contributed by atoms with Crippen LogP contribution >= 0.6 is 11.6 Å². The van der Waals surface area contributed by atoms with Crippen LogP contribution in [0.25, 0.3) is 0 Å². The van der Waals surface area contributed by atoms with E-state index in [2.05, 4.69) is 9.97 Å². The van der Waals surface area contributed by atoms with Gasteiger partial charge in [-0.2, -0.15) is 0 Å². The molecule has 0 aliphatic rings. The normalized spacial score (nSPS) is 10.4. The molecule has 0 unspecified atom stereocenters. The topological polar surface area (TPSA) is 81.0 Å². The Morgan fingerprint density at radius 2 is 2.16 bits per heavy atom. The summed E-state index contributed by atoms with van der Waals surface area (Å²) in [5.41, 5.74) is 5.89. The number of H-pyrrole nitrogens is 1. The largest absolute Gasteiger partial charge is 0.484 e. The average molecular weight is 280 g/mol. The van der Waals surface area contributed by atoms with Gasteiger partial charge in [0.2, 0.25) is 0 Å². The van der Waals surface area contributed by atoms with Crippen LogP contribution in [0.4, 0.5) is 0 Å². The van der Waals surface area contributed by atoms with Crippen LogP contribution in [0.1, 0.15) is 11.5 Å². The minimum Gasteiger partial charge on any atom is -0.484 e. The van der Waals surface area contributed by atoms with Crippen molar-refractivity contribution in [2.24, 2.45) is 5.73 Å². The molecule has 0 fully saturated rings. The summed E-state index contributed by atoms with van der Waals surface area (Å²) in [6, 6.07) is 8.56. The molecule has 0 aliphatic carbocycles. The Hall–Kier alpha value is -1.85. The standard InChI is InChI=1S/C13H14ClN3O2/c14-10-3-1-2-4-11(10)19-8-12-16-9(5-6-15)7-13(18)17-12/h1-4,7H,5-6,8,15H2,(H,16,17,18). The van der Waals surface area contributed by atoms with Crippen LogP contribution in [-0.4, -0.2) is 16.5 Å². The number of aromatic nitrogens is 2. The first-order chi connectivity index (χ1) is 9.19. The number of nitrogens with two attached hydrogens (primary N) is 1. The van der Waals surface area contributed by atoms with Gasteiger partial charge < -0.3 is 15.5 Å². The quantitative estimate of drug-likeness (QED) is 0.869. The van der Waals surface area contributed by atoms with Gasteiger partial charge in [-0.25, -0.2) is 4.98 Å². The summed E-state index contributed by atoms with van der Waals surface area (Å²) in [5.74, 6) is 1.01. The van der Waals surface area contributed by atoms with Crippen molar-refractivity contribution in [2.75, 3.05) is 6.54 Å². The number of nitrogens with one attached hydrogen (secondary N) is 1. The molecule has 0 bridgehead atoms. The average Bonchev–Trinajstić information content (AvgIpc) is 2.37. The number of nitrogens with zero attached hydrogens (tertiary/aromatic N) is 1. The number of hydrogen-bond acceptors (Lipinski definition) is 4. The van der Waals surface area contributed by atoms with E-state index in [1.54, 1.807) is 12.1 Å². The van der Waals surface area contributed by atoms with Gasteiger partial charge in [0.25, 0.3) is 5.56 Å². The van der Waals surface area contributed by atoms with Gasteiger partial charge in [0.15, 0.2) is 0 Å². The molecule has 3 N–H and O–H groups in total. The summed E-state index contributed by atoms with van der Waals surface area (Å²) in [6.07, 6.45) is 0.559. The molecule has 0 amide bonds. The van der Waals surface area contributed by atoms with Crippen LogP contribution in [0.5, 0.6) is 5.75 Å². The minimum absolute atomic E-state index is 0.150. The Bertz CT molecular complexity index is 613. The third-order valence-corrected chi connectivity index (χ3v) is 2.76. The Morgan fingerprint density at radius 3 is 2.89 bits per heavy atom. The lowest BCUT2D eigenvalue weighted by Gasteiger charge is -2.08. The Balaban J connectivity index is 2.11. The van der Waals surface area contributed by atoms with Crippen LogP contribution in [0, 0.1) is 0 Å². The second-order valence-electron chi connectivity index (χ2n) is 3.94. The molecule has 5 nitrogen and oxygen atoms in total. The van der Waals surface area contributed by atoms with Gasteiger partial charge in [0.05, 0.1) is 5.02 Å². The number of benzene rings is 1. The molecule has 0 aliphatic heterocycles. The van der Waals surface area contributed by atoms with Crippen molar-refractivity contribution in [2.45, 2.75) is 13.0 Å². The molecule has 1 aromatic carbocycles. The van der Waals surface area contributed by atoms with Crippen molar-refractivity contribution in [3.8, 4) is 5.75 Å². The maximum atomic E-state index is 11.4. The number of aromatic amines is 1. The van der Waals surface area contributed by atoms with E-state index in [9.17, 15) is 4.79 Å². The van der Waals surface area contributed by atoms with Gasteiger partial charge in [0, 0.05) is 18.2 Å². The third-order valence-electron chi connectivity index (χ3n) is 2.45. The lowest BCUT2D eigenvalue weighted by molar-refractivity contribution is 0.295. The molecular weight excluding hydrogens is 266 g/mol. The Kier molecular flexibility index (Phi) is 4.54. The maximum absolute atomic E-state index is 11.4. The highest BCUT2D eigenvalue weighted by Crippen LogP contribution is 2.23. The van der Waals surface area contributed by atoms with E-state index in [4.69, 9.17) is 22.1 Å². The molecule has 1 aromatic heterocycles. The molecule has 0 saturated heterocycles. The highest BCUT2D eigenvalue weighted by atomic mass is 35.5. The summed E-state index contributed by atoms with van der Waals surface area (Å²) in [4.78, 5) is 18.3. The van der Waals surface area contributed by atoms with Crippen molar-refractivity contribution in [3.05, 3.63) is 57.2 Å². The van der Waals surface area contributed by atoms with Crippen molar-refractivity contribution in [3.63, 3.8) is 0 Å². The lowest BCUT2D eigenvalue weighted by Crippen LogP contribution is -2.16. The molecule has 6 heteroatoms. The molecule has 2 rings (SSSR count). The second kappa shape index (κ2) is 6.36. The van der Waals surface area contributed by atoms with Gasteiger partial charge in [-0.3, -0.25) is 4.79 Å². The smallest absolute Gasteiger partial charge is 0.251 e. The third kappa shape index (κ3) is 3.81. The van der Waals surface area contributed by atoms with Gasteiger partial charge in [0.1, 0.15) is 18.2 Å². The molecule has 19 heavy (non-hydrogen) atoms. The molecule has 100 valence electrons. The lowest BCUT2D eigenvalue weighted by atomic mass is 10.3. The van der Waals surface area contributed by atoms with E-state index in [0.717, 1.165) is 0 Å². The van der Waals surface area contributed by atoms with E-state index < -0.39 is 0 Å². The zero-order valence-corrected chi connectivity index (χ0v) is 11.0. The first-order valence-electron chi connectivity index (χ1n) is 5.85. The van der Waals surface area contributed by atoms with Crippen LogP contribution in [0.2, 0.25) is 5.02 Å². The Morgan fingerprint density at radius 1 is 1.37 bits per heavy atom. The van der Waals surface area contributed by atoms with Crippen LogP contribution in [0.3, 0.4) is 0 Å². The monoisotopic (exact) mass is 279 g/mol. The van der Waals surface area contributed by atoms with E-state index in [1.807, 2.05) is 12.1 Å². The molecule has 2 aromatic rings. The molecule has 1 heterocycles. The number of ether oxygens (including phenoxy) is 1. The van der Waals surface area contributed by atoms with Gasteiger partial charge in [-0.1, -0.05) is 23.7 Å². The van der Waals surface area contributed by atoms with Crippen LogP contribution in [0.15, 0.2) is 35.1 Å². The highest BCUT2D eigenvalue weighted by molar-refractivity contribution is 6.32. The minimum atomic E-state index is -0.212. The van der Waals surface area contributed by atoms with Crippen molar-refractivity contribution >= 4 is 11.6 Å². The predicted molar refractivity (Wildman–Crippen MR) is 73.4 cm³/mol. The summed E-state index contributed by atoms with van der Waals surface area (Å²) >= 11 is 5.97. The van der Waals surface area contributed by atoms with Gasteiger partial charge in [-0.15, -0.1) is 0 Å². The number of hydrogen-bond donors (Lipinski definition) is 2. The van der Waals surface area contributed by atoms with Gasteiger partial charge >= 0.3 is 0 Å². The van der Waals surface area contributed by atoms with Crippen molar-refractivity contribution in [1.82, 2.24) is 9.97 Å². The SMILES string of the molecule is NCCc1cc(=O)[nH]c(COc2ccccc2Cl)n1. The van der Waals surface area contributed by atoms with E-state index in [1.165, 1.54) is 6.07 Å². The molecular formula is C13H14ClN3O2. The fraction of sp³-hybridized carbons (Fsp3) is 0.231. The zero-order chi connectivity index (χ0) is 13.7. The van der Waals surface area contributed by atoms with Crippen LogP contribution < -0.4 is 16.0 Å². The fourth-order valence-electron chi connectivity index (χ4n) is 1.62. The van der Waals surface area contributed by atoms with Crippen molar-refractivity contribution < 1.29 is 4.74 Å². The summed E-state index contributed by atoms with van der Waals surface area (Å²) in [6.45, 7) is 0.596. The van der Waals surface area contributed by atoms with Crippen LogP contribution in [-0.2, 0) is 13.0 Å². The number of halogens is 1. The van der Waals surface area contributed by atoms with E-state index in [0.29, 0.717) is 35.3 Å². The second-order valence-corrected chi connectivity index (χ2v) is 4.35. The zero-order valence-electron chi connectivity index (χ0n) is 10.2. The van der Waals surface area contributed by atoms with Crippen molar-refractivity contribution in [1.29, 1.82) is 0 Å². The Labute approximate surface area is 115 Å². The fourth-order valence-corrected chi connectivity index (χ4v) is 1.81.